The van der Waals surface area contributed by atoms with E-state index in [2.05, 4.69) is 6.92 Å². The third-order valence-corrected chi connectivity index (χ3v) is 4.84. The number of carbonyl (C=O) groups excluding carboxylic acids is 2. The molecule has 3 nitrogen and oxygen atoms in total. The van der Waals surface area contributed by atoms with Crippen molar-refractivity contribution in [3.05, 3.63) is 70.5 Å². The molecule has 124 valence electrons. The number of carbonyl (C=O) groups is 2. The molecule has 0 N–H and O–H groups in total. The molecule has 3 heteroatoms. The molecule has 2 aliphatic rings. The van der Waals surface area contributed by atoms with Gasteiger partial charge in [-0.25, -0.2) is 0 Å². The van der Waals surface area contributed by atoms with Crippen molar-refractivity contribution in [2.75, 3.05) is 0 Å². The summed E-state index contributed by atoms with van der Waals surface area (Å²) in [5.41, 5.74) is 2.02. The van der Waals surface area contributed by atoms with Crippen LogP contribution < -0.4 is 0 Å². The van der Waals surface area contributed by atoms with Crippen LogP contribution in [0.15, 0.2) is 59.4 Å². The lowest BCUT2D eigenvalue weighted by atomic mass is 9.76. The van der Waals surface area contributed by atoms with Gasteiger partial charge in [-0.2, -0.15) is 0 Å². The SMILES string of the molecule is CC(C)=C/C=C/[C@@]1(C)OC2=C(C[C@H]1C)C(=O)c1ccccc1C2=O. The molecule has 2 atom stereocenters. The van der Waals surface area contributed by atoms with Gasteiger partial charge in [-0.3, -0.25) is 9.59 Å². The highest BCUT2D eigenvalue weighted by molar-refractivity contribution is 6.26. The van der Waals surface area contributed by atoms with E-state index in [1.807, 2.05) is 39.0 Å². The zero-order chi connectivity index (χ0) is 17.5. The summed E-state index contributed by atoms with van der Waals surface area (Å²) in [4.78, 5) is 25.5. The fourth-order valence-electron chi connectivity index (χ4n) is 3.16. The molecule has 1 aromatic carbocycles. The maximum atomic E-state index is 12.8. The monoisotopic (exact) mass is 322 g/mol. The van der Waals surface area contributed by atoms with Crippen LogP contribution in [0, 0.1) is 5.92 Å². The molecule has 24 heavy (non-hydrogen) atoms. The number of Topliss-reactive ketones (excluding diaryl/α,β-unsaturated/α-hetero) is 2. The summed E-state index contributed by atoms with van der Waals surface area (Å²) in [6.45, 7) is 8.07. The van der Waals surface area contributed by atoms with Crippen LogP contribution in [0.5, 0.6) is 0 Å². The molecule has 1 heterocycles. The molecule has 0 fully saturated rings. The van der Waals surface area contributed by atoms with Gasteiger partial charge in [0.15, 0.2) is 11.5 Å². The number of ether oxygens (including phenoxy) is 1. The van der Waals surface area contributed by atoms with Crippen molar-refractivity contribution in [1.82, 2.24) is 0 Å². The van der Waals surface area contributed by atoms with E-state index in [-0.39, 0.29) is 23.2 Å². The Hall–Kier alpha value is -2.42. The summed E-state index contributed by atoms with van der Waals surface area (Å²) in [5, 5.41) is 0. The maximum absolute atomic E-state index is 12.8. The number of benzene rings is 1. The topological polar surface area (TPSA) is 43.4 Å². The highest BCUT2D eigenvalue weighted by atomic mass is 16.5. The molecule has 0 saturated heterocycles. The molecule has 1 aliphatic heterocycles. The molecule has 0 saturated carbocycles. The zero-order valence-electron chi connectivity index (χ0n) is 14.6. The van der Waals surface area contributed by atoms with E-state index < -0.39 is 5.60 Å². The lowest BCUT2D eigenvalue weighted by molar-refractivity contribution is -0.00281. The first-order valence-electron chi connectivity index (χ1n) is 8.27. The smallest absolute Gasteiger partial charge is 0.228 e. The van der Waals surface area contributed by atoms with E-state index in [0.29, 0.717) is 23.1 Å². The van der Waals surface area contributed by atoms with Crippen molar-refractivity contribution in [2.45, 2.75) is 39.7 Å². The van der Waals surface area contributed by atoms with Crippen molar-refractivity contribution in [1.29, 1.82) is 0 Å². The average Bonchev–Trinajstić information content (AvgIpc) is 2.54. The van der Waals surface area contributed by atoms with Crippen molar-refractivity contribution in [2.24, 2.45) is 5.92 Å². The van der Waals surface area contributed by atoms with E-state index in [1.165, 1.54) is 5.57 Å². The maximum Gasteiger partial charge on any atom is 0.228 e. The summed E-state index contributed by atoms with van der Waals surface area (Å²) in [6.07, 6.45) is 6.49. The predicted molar refractivity (Wildman–Crippen MR) is 94.0 cm³/mol. The molecule has 0 spiro atoms. The van der Waals surface area contributed by atoms with Crippen LogP contribution in [0.4, 0.5) is 0 Å². The molecule has 3 rings (SSSR count). The van der Waals surface area contributed by atoms with Gasteiger partial charge in [0.2, 0.25) is 5.78 Å². The number of rotatable bonds is 2. The van der Waals surface area contributed by atoms with Crippen molar-refractivity contribution < 1.29 is 14.3 Å². The highest BCUT2D eigenvalue weighted by Gasteiger charge is 2.44. The second-order valence-corrected chi connectivity index (χ2v) is 7.01. The minimum atomic E-state index is -0.604. The standard InChI is InChI=1S/C21H22O3/c1-13(2)8-7-11-21(4)14(3)12-17-18(22)15-9-5-6-10-16(15)19(23)20(17)24-21/h5-11,14H,12H2,1-4H3/b11-7+/t14-,21-/m1/s1. The Morgan fingerprint density at radius 3 is 2.42 bits per heavy atom. The fraction of sp³-hybridized carbons (Fsp3) is 0.333. The fourth-order valence-corrected chi connectivity index (χ4v) is 3.16. The van der Waals surface area contributed by atoms with Crippen LogP contribution >= 0.6 is 0 Å². The van der Waals surface area contributed by atoms with E-state index in [4.69, 9.17) is 4.74 Å². The molecule has 0 unspecified atom stereocenters. The second-order valence-electron chi connectivity index (χ2n) is 7.01. The Kier molecular flexibility index (Phi) is 4.04. The molecule has 1 aromatic rings. The summed E-state index contributed by atoms with van der Waals surface area (Å²) >= 11 is 0. The quantitative estimate of drug-likeness (QED) is 0.744. The summed E-state index contributed by atoms with van der Waals surface area (Å²) in [7, 11) is 0. The van der Waals surface area contributed by atoms with E-state index >= 15 is 0 Å². The van der Waals surface area contributed by atoms with Crippen LogP contribution in [-0.4, -0.2) is 17.2 Å². The summed E-state index contributed by atoms with van der Waals surface area (Å²) < 4.78 is 6.10. The van der Waals surface area contributed by atoms with Crippen molar-refractivity contribution in [3.8, 4) is 0 Å². The zero-order valence-corrected chi connectivity index (χ0v) is 14.6. The van der Waals surface area contributed by atoms with Gasteiger partial charge in [-0.15, -0.1) is 0 Å². The van der Waals surface area contributed by atoms with Gasteiger partial charge in [0.25, 0.3) is 0 Å². The minimum Gasteiger partial charge on any atom is -0.479 e. The second kappa shape index (κ2) is 5.90. The van der Waals surface area contributed by atoms with Gasteiger partial charge in [0.05, 0.1) is 0 Å². The highest BCUT2D eigenvalue weighted by Crippen LogP contribution is 2.42. The molecular formula is C21H22O3. The largest absolute Gasteiger partial charge is 0.479 e. The first-order valence-corrected chi connectivity index (χ1v) is 8.27. The summed E-state index contributed by atoms with van der Waals surface area (Å²) in [6, 6.07) is 6.97. The van der Waals surface area contributed by atoms with Gasteiger partial charge in [0.1, 0.15) is 5.60 Å². The lowest BCUT2D eigenvalue weighted by Gasteiger charge is -2.40. The minimum absolute atomic E-state index is 0.0811. The Morgan fingerprint density at radius 1 is 1.17 bits per heavy atom. The molecule has 0 radical (unpaired) electrons. The van der Waals surface area contributed by atoms with Crippen molar-refractivity contribution in [3.63, 3.8) is 0 Å². The average molecular weight is 322 g/mol. The Morgan fingerprint density at radius 2 is 1.79 bits per heavy atom. The van der Waals surface area contributed by atoms with Gasteiger partial charge >= 0.3 is 0 Å². The Bertz CT molecular complexity index is 806. The van der Waals surface area contributed by atoms with E-state index in [0.717, 1.165) is 0 Å². The van der Waals surface area contributed by atoms with Gasteiger partial charge in [-0.05, 0) is 33.3 Å². The summed E-state index contributed by atoms with van der Waals surface area (Å²) in [5.74, 6) is 0.0533. The molecule has 0 bridgehead atoms. The third kappa shape index (κ3) is 2.64. The van der Waals surface area contributed by atoms with Crippen LogP contribution in [0.25, 0.3) is 0 Å². The van der Waals surface area contributed by atoms with Crippen LogP contribution in [0.3, 0.4) is 0 Å². The van der Waals surface area contributed by atoms with Gasteiger partial charge in [0, 0.05) is 22.6 Å². The Labute approximate surface area is 142 Å². The molecule has 1 aliphatic carbocycles. The van der Waals surface area contributed by atoms with Crippen LogP contribution in [-0.2, 0) is 4.74 Å². The Balaban J connectivity index is 2.01. The van der Waals surface area contributed by atoms with Crippen LogP contribution in [0.1, 0.15) is 54.8 Å². The third-order valence-electron chi connectivity index (χ3n) is 4.84. The number of allylic oxidation sites excluding steroid dienone is 5. The number of hydrogen-bond acceptors (Lipinski definition) is 3. The van der Waals surface area contributed by atoms with Gasteiger partial charge < -0.3 is 4.74 Å². The molecular weight excluding hydrogens is 300 g/mol. The molecule has 0 amide bonds. The first-order chi connectivity index (χ1) is 11.3. The van der Waals surface area contributed by atoms with E-state index in [1.54, 1.807) is 24.3 Å². The van der Waals surface area contributed by atoms with Crippen molar-refractivity contribution >= 4 is 11.6 Å². The van der Waals surface area contributed by atoms with E-state index in [9.17, 15) is 9.59 Å². The number of ketones is 2. The first kappa shape index (κ1) is 16.4. The predicted octanol–water partition coefficient (Wildman–Crippen LogP) is 4.66. The molecule has 0 aromatic heterocycles. The van der Waals surface area contributed by atoms with Crippen LogP contribution in [0.2, 0.25) is 0 Å². The van der Waals surface area contributed by atoms with Gasteiger partial charge in [-0.1, -0.05) is 48.9 Å². The lowest BCUT2D eigenvalue weighted by Crippen LogP contribution is -2.42. The number of fused-ring (bicyclic) bond motifs is 1. The number of hydrogen-bond donors (Lipinski definition) is 0. The normalized spacial score (nSPS) is 26.1.